The number of benzene rings is 2. The zero-order chi connectivity index (χ0) is 17.4. The van der Waals surface area contributed by atoms with Gasteiger partial charge in [-0.1, -0.05) is 74.5 Å². The molecule has 0 saturated heterocycles. The fraction of sp³-hybridized carbons (Fsp3) is 0.350. The van der Waals surface area contributed by atoms with Crippen molar-refractivity contribution in [1.82, 2.24) is 10.2 Å². The molecule has 0 aliphatic carbocycles. The summed E-state index contributed by atoms with van der Waals surface area (Å²) < 4.78 is 0. The summed E-state index contributed by atoms with van der Waals surface area (Å²) in [5.74, 6) is -0.144. The lowest BCUT2D eigenvalue weighted by Gasteiger charge is -2.30. The smallest absolute Gasteiger partial charge is 0.241 e. The van der Waals surface area contributed by atoms with Crippen molar-refractivity contribution < 1.29 is 4.79 Å². The first-order chi connectivity index (χ1) is 11.7. The predicted octanol–water partition coefficient (Wildman–Crippen LogP) is 3.73. The van der Waals surface area contributed by atoms with Crippen LogP contribution in [0.2, 0.25) is 0 Å². The molecule has 26 heavy (non-hydrogen) atoms. The molecule has 0 bridgehead atoms. The molecular formula is C20H29Cl2N3O. The normalized spacial score (nSPS) is 12.5. The number of nitrogens with one attached hydrogen (secondary N) is 1. The van der Waals surface area contributed by atoms with Gasteiger partial charge in [0.05, 0.1) is 6.04 Å². The first kappa shape index (κ1) is 24.4. The molecule has 144 valence electrons. The number of nitrogens with zero attached hydrogens (tertiary/aromatic N) is 1. The maximum absolute atomic E-state index is 12.4. The van der Waals surface area contributed by atoms with Crippen molar-refractivity contribution in [3.8, 4) is 0 Å². The molecule has 2 unspecified atom stereocenters. The number of hydrogen-bond donors (Lipinski definition) is 2. The van der Waals surface area contributed by atoms with Crippen LogP contribution >= 0.6 is 24.8 Å². The molecule has 1 amide bonds. The third-order valence-corrected chi connectivity index (χ3v) is 4.35. The van der Waals surface area contributed by atoms with Crippen molar-refractivity contribution in [2.24, 2.45) is 5.73 Å². The van der Waals surface area contributed by atoms with Crippen molar-refractivity contribution >= 4 is 30.7 Å². The van der Waals surface area contributed by atoms with Gasteiger partial charge in [-0.3, -0.25) is 9.69 Å². The van der Waals surface area contributed by atoms with Crippen molar-refractivity contribution in [3.63, 3.8) is 0 Å². The number of nitrogens with two attached hydrogens (primary N) is 1. The zero-order valence-electron chi connectivity index (χ0n) is 15.3. The van der Waals surface area contributed by atoms with Crippen LogP contribution in [0.15, 0.2) is 60.7 Å². The molecule has 3 N–H and O–H groups in total. The Balaban J connectivity index is 0.00000312. The molecule has 0 heterocycles. The number of carbonyl (C=O) groups excluding carboxylic acids is 1. The van der Waals surface area contributed by atoms with Gasteiger partial charge in [-0.15, -0.1) is 24.8 Å². The highest BCUT2D eigenvalue weighted by Gasteiger charge is 2.21. The van der Waals surface area contributed by atoms with E-state index in [0.717, 1.165) is 18.7 Å². The summed E-state index contributed by atoms with van der Waals surface area (Å²) in [5.41, 5.74) is 8.11. The summed E-state index contributed by atoms with van der Waals surface area (Å²) >= 11 is 0. The maximum atomic E-state index is 12.4. The Morgan fingerprint density at radius 2 is 1.38 bits per heavy atom. The van der Waals surface area contributed by atoms with Gasteiger partial charge in [0, 0.05) is 6.54 Å². The maximum Gasteiger partial charge on any atom is 0.241 e. The number of likely N-dealkylation sites (N-methyl/N-ethyl adjacent to an activating group) is 1. The largest absolute Gasteiger partial charge is 0.353 e. The fourth-order valence-electron chi connectivity index (χ4n) is 2.92. The molecular weight excluding hydrogens is 369 g/mol. The highest BCUT2D eigenvalue weighted by atomic mass is 35.5. The van der Waals surface area contributed by atoms with Gasteiger partial charge in [0.2, 0.25) is 5.91 Å². The quantitative estimate of drug-likeness (QED) is 0.713. The van der Waals surface area contributed by atoms with Crippen LogP contribution < -0.4 is 11.1 Å². The minimum absolute atomic E-state index is 0. The van der Waals surface area contributed by atoms with Crippen LogP contribution in [0.3, 0.4) is 0 Å². The Kier molecular flexibility index (Phi) is 11.9. The summed E-state index contributed by atoms with van der Waals surface area (Å²) in [6.07, 6.45) is 0. The molecule has 0 aliphatic rings. The van der Waals surface area contributed by atoms with Gasteiger partial charge in [0.1, 0.15) is 6.04 Å². The minimum atomic E-state index is -0.640. The van der Waals surface area contributed by atoms with Gasteiger partial charge in [-0.05, 0) is 24.2 Å². The van der Waals surface area contributed by atoms with E-state index in [1.807, 2.05) is 48.5 Å². The highest BCUT2D eigenvalue weighted by molar-refractivity contribution is 5.85. The molecule has 2 aromatic rings. The van der Waals surface area contributed by atoms with Gasteiger partial charge < -0.3 is 11.1 Å². The summed E-state index contributed by atoms with van der Waals surface area (Å²) in [7, 11) is 0. The molecule has 2 aromatic carbocycles. The van der Waals surface area contributed by atoms with Gasteiger partial charge in [0.15, 0.2) is 0 Å². The van der Waals surface area contributed by atoms with E-state index in [1.54, 1.807) is 0 Å². The average molecular weight is 398 g/mol. The minimum Gasteiger partial charge on any atom is -0.353 e. The van der Waals surface area contributed by atoms with Gasteiger partial charge in [0.25, 0.3) is 0 Å². The molecule has 4 nitrogen and oxygen atoms in total. The lowest BCUT2D eigenvalue weighted by atomic mass is 10.0. The Labute approximate surface area is 169 Å². The van der Waals surface area contributed by atoms with Crippen LogP contribution in [-0.4, -0.2) is 30.4 Å². The molecule has 0 radical (unpaired) electrons. The molecule has 2 atom stereocenters. The van der Waals surface area contributed by atoms with E-state index >= 15 is 0 Å². The number of rotatable bonds is 8. The Hall–Kier alpha value is -1.59. The molecule has 0 aliphatic heterocycles. The van der Waals surface area contributed by atoms with Crippen LogP contribution in [0.25, 0.3) is 0 Å². The van der Waals surface area contributed by atoms with E-state index in [-0.39, 0.29) is 36.8 Å². The van der Waals surface area contributed by atoms with Crippen LogP contribution in [0, 0.1) is 0 Å². The van der Waals surface area contributed by atoms with Crippen LogP contribution in [0.1, 0.15) is 37.1 Å². The fourth-order valence-corrected chi connectivity index (χ4v) is 2.92. The third-order valence-electron chi connectivity index (χ3n) is 4.35. The molecule has 0 spiro atoms. The summed E-state index contributed by atoms with van der Waals surface area (Å²) in [6.45, 7) is 6.67. The number of halogens is 2. The van der Waals surface area contributed by atoms with E-state index in [0.29, 0.717) is 6.54 Å². The van der Waals surface area contributed by atoms with E-state index in [1.165, 1.54) is 5.56 Å². The lowest BCUT2D eigenvalue weighted by molar-refractivity contribution is -0.122. The summed E-state index contributed by atoms with van der Waals surface area (Å²) in [6, 6.07) is 19.2. The van der Waals surface area contributed by atoms with Crippen molar-refractivity contribution in [1.29, 1.82) is 0 Å². The SMILES string of the molecule is CCN(CC)C(CNC(=O)C(N)c1ccccc1)c1ccccc1.Cl.Cl. The Morgan fingerprint density at radius 3 is 1.85 bits per heavy atom. The van der Waals surface area contributed by atoms with Crippen LogP contribution in [0.4, 0.5) is 0 Å². The lowest BCUT2D eigenvalue weighted by Crippen LogP contribution is -2.41. The van der Waals surface area contributed by atoms with E-state index in [2.05, 4.69) is 36.2 Å². The summed E-state index contributed by atoms with van der Waals surface area (Å²) in [4.78, 5) is 14.8. The Bertz CT molecular complexity index is 621. The second-order valence-electron chi connectivity index (χ2n) is 5.78. The predicted molar refractivity (Wildman–Crippen MR) is 113 cm³/mol. The second kappa shape index (κ2) is 12.7. The average Bonchev–Trinajstić information content (AvgIpc) is 2.65. The van der Waals surface area contributed by atoms with Crippen molar-refractivity contribution in [3.05, 3.63) is 71.8 Å². The Morgan fingerprint density at radius 1 is 0.923 bits per heavy atom. The monoisotopic (exact) mass is 397 g/mol. The zero-order valence-corrected chi connectivity index (χ0v) is 16.9. The van der Waals surface area contributed by atoms with Crippen LogP contribution in [0.5, 0.6) is 0 Å². The van der Waals surface area contributed by atoms with Gasteiger partial charge in [-0.2, -0.15) is 0 Å². The second-order valence-corrected chi connectivity index (χ2v) is 5.78. The molecule has 0 saturated carbocycles. The first-order valence-corrected chi connectivity index (χ1v) is 8.54. The van der Waals surface area contributed by atoms with Crippen molar-refractivity contribution in [2.45, 2.75) is 25.9 Å². The number of carbonyl (C=O) groups is 1. The number of hydrogen-bond acceptors (Lipinski definition) is 3. The standard InChI is InChI=1S/C20H27N3O.2ClH/c1-3-23(4-2)18(16-11-7-5-8-12-16)15-22-20(24)19(21)17-13-9-6-10-14-17;;/h5-14,18-19H,3-4,15,21H2,1-2H3,(H,22,24);2*1H. The summed E-state index contributed by atoms with van der Waals surface area (Å²) in [5, 5.41) is 3.02. The number of amides is 1. The topological polar surface area (TPSA) is 58.4 Å². The van der Waals surface area contributed by atoms with Gasteiger partial charge in [-0.25, -0.2) is 0 Å². The van der Waals surface area contributed by atoms with E-state index in [9.17, 15) is 4.79 Å². The first-order valence-electron chi connectivity index (χ1n) is 8.54. The molecule has 0 fully saturated rings. The molecule has 6 heteroatoms. The van der Waals surface area contributed by atoms with E-state index < -0.39 is 6.04 Å². The van der Waals surface area contributed by atoms with Gasteiger partial charge >= 0.3 is 0 Å². The highest BCUT2D eigenvalue weighted by Crippen LogP contribution is 2.20. The molecule has 2 rings (SSSR count). The molecule has 0 aromatic heterocycles. The van der Waals surface area contributed by atoms with Crippen molar-refractivity contribution in [2.75, 3.05) is 19.6 Å². The van der Waals surface area contributed by atoms with Crippen LogP contribution in [-0.2, 0) is 4.79 Å². The van der Waals surface area contributed by atoms with E-state index in [4.69, 9.17) is 5.73 Å². The third kappa shape index (κ3) is 6.61.